The van der Waals surface area contributed by atoms with Gasteiger partial charge in [0, 0.05) is 17.8 Å². The Labute approximate surface area is 155 Å². The van der Waals surface area contributed by atoms with E-state index in [1.807, 2.05) is 18.2 Å². The first-order valence-electron chi connectivity index (χ1n) is 8.15. The van der Waals surface area contributed by atoms with Crippen molar-refractivity contribution in [3.8, 4) is 11.4 Å². The molecular formula is C18H18N6O3. The van der Waals surface area contributed by atoms with Crippen LogP contribution in [-0.2, 0) is 16.1 Å². The molecule has 2 N–H and O–H groups in total. The van der Waals surface area contributed by atoms with Gasteiger partial charge in [0.1, 0.15) is 5.75 Å². The summed E-state index contributed by atoms with van der Waals surface area (Å²) in [4.78, 5) is 24.2. The number of amides is 2. The molecule has 138 valence electrons. The van der Waals surface area contributed by atoms with Crippen molar-refractivity contribution < 1.29 is 14.3 Å². The van der Waals surface area contributed by atoms with Gasteiger partial charge < -0.3 is 15.4 Å². The first kappa shape index (κ1) is 18.1. The van der Waals surface area contributed by atoms with E-state index in [1.54, 1.807) is 44.4 Å². The van der Waals surface area contributed by atoms with Crippen LogP contribution >= 0.6 is 0 Å². The highest BCUT2D eigenvalue weighted by atomic mass is 16.5. The number of rotatable bonds is 5. The van der Waals surface area contributed by atoms with Crippen LogP contribution in [0.15, 0.2) is 48.5 Å². The largest absolute Gasteiger partial charge is 0.496 e. The van der Waals surface area contributed by atoms with Crippen molar-refractivity contribution >= 4 is 17.5 Å². The van der Waals surface area contributed by atoms with Crippen LogP contribution in [0.5, 0.6) is 5.75 Å². The van der Waals surface area contributed by atoms with E-state index in [1.165, 1.54) is 4.68 Å². The molecule has 0 bridgehead atoms. The SMILES string of the molecule is COc1ccccc1CNC(=O)C(=O)Nc1cccc(-n2nnnc2C)c1. The Morgan fingerprint density at radius 2 is 1.93 bits per heavy atom. The van der Waals surface area contributed by atoms with E-state index in [0.717, 1.165) is 5.56 Å². The molecule has 0 fully saturated rings. The normalized spacial score (nSPS) is 10.3. The highest BCUT2D eigenvalue weighted by Crippen LogP contribution is 2.17. The van der Waals surface area contributed by atoms with Crippen molar-refractivity contribution in [3.05, 3.63) is 59.9 Å². The molecule has 0 radical (unpaired) electrons. The second-order valence-corrected chi connectivity index (χ2v) is 5.64. The van der Waals surface area contributed by atoms with Gasteiger partial charge in [-0.25, -0.2) is 0 Å². The lowest BCUT2D eigenvalue weighted by molar-refractivity contribution is -0.136. The number of tetrazole rings is 1. The van der Waals surface area contributed by atoms with E-state index in [2.05, 4.69) is 26.2 Å². The van der Waals surface area contributed by atoms with Gasteiger partial charge in [-0.3, -0.25) is 9.59 Å². The van der Waals surface area contributed by atoms with Crippen LogP contribution in [0.1, 0.15) is 11.4 Å². The second-order valence-electron chi connectivity index (χ2n) is 5.64. The Kier molecular flexibility index (Phi) is 5.41. The lowest BCUT2D eigenvalue weighted by Gasteiger charge is -2.10. The molecule has 3 aromatic rings. The van der Waals surface area contributed by atoms with Gasteiger partial charge in [-0.1, -0.05) is 24.3 Å². The summed E-state index contributed by atoms with van der Waals surface area (Å²) in [5.74, 6) is -0.267. The average Bonchev–Trinajstić information content (AvgIpc) is 3.12. The zero-order chi connectivity index (χ0) is 19.2. The Bertz CT molecular complexity index is 969. The number of aryl methyl sites for hydroxylation is 1. The molecule has 2 amide bonds. The first-order valence-corrected chi connectivity index (χ1v) is 8.15. The van der Waals surface area contributed by atoms with E-state index in [-0.39, 0.29) is 6.54 Å². The number of benzene rings is 2. The molecule has 3 rings (SSSR count). The zero-order valence-electron chi connectivity index (χ0n) is 14.8. The first-order chi connectivity index (χ1) is 13.1. The molecule has 9 heteroatoms. The summed E-state index contributed by atoms with van der Waals surface area (Å²) in [6.45, 7) is 1.94. The van der Waals surface area contributed by atoms with Gasteiger partial charge in [-0.15, -0.1) is 5.10 Å². The van der Waals surface area contributed by atoms with Gasteiger partial charge in [-0.05, 0) is 41.6 Å². The van der Waals surface area contributed by atoms with Crippen LogP contribution in [0.4, 0.5) is 5.69 Å². The number of aromatic nitrogens is 4. The van der Waals surface area contributed by atoms with Crippen LogP contribution < -0.4 is 15.4 Å². The minimum Gasteiger partial charge on any atom is -0.496 e. The third-order valence-corrected chi connectivity index (χ3v) is 3.81. The maximum Gasteiger partial charge on any atom is 0.313 e. The molecule has 0 aliphatic heterocycles. The Hall–Kier alpha value is -3.75. The predicted molar refractivity (Wildman–Crippen MR) is 97.4 cm³/mol. The summed E-state index contributed by atoms with van der Waals surface area (Å²) in [7, 11) is 1.55. The molecule has 0 saturated carbocycles. The number of anilines is 1. The monoisotopic (exact) mass is 366 g/mol. The number of carbonyl (C=O) groups excluding carboxylic acids is 2. The standard InChI is InChI=1S/C18H18N6O3/c1-12-21-22-23-24(12)15-8-5-7-14(10-15)20-18(26)17(25)19-11-13-6-3-4-9-16(13)27-2/h3-10H,11H2,1-2H3,(H,19,25)(H,20,26). The molecule has 1 aromatic heterocycles. The lowest BCUT2D eigenvalue weighted by atomic mass is 10.2. The number of hydrogen-bond donors (Lipinski definition) is 2. The maximum atomic E-state index is 12.2. The molecular weight excluding hydrogens is 348 g/mol. The summed E-state index contributed by atoms with van der Waals surface area (Å²) in [5, 5.41) is 16.4. The summed E-state index contributed by atoms with van der Waals surface area (Å²) in [5.41, 5.74) is 1.90. The number of nitrogens with one attached hydrogen (secondary N) is 2. The van der Waals surface area contributed by atoms with Crippen molar-refractivity contribution in [2.75, 3.05) is 12.4 Å². The van der Waals surface area contributed by atoms with Crippen molar-refractivity contribution in [1.82, 2.24) is 25.5 Å². The fraction of sp³-hybridized carbons (Fsp3) is 0.167. The van der Waals surface area contributed by atoms with Crippen LogP contribution in [0, 0.1) is 6.92 Å². The maximum absolute atomic E-state index is 12.2. The van der Waals surface area contributed by atoms with Gasteiger partial charge >= 0.3 is 11.8 Å². The van der Waals surface area contributed by atoms with E-state index in [9.17, 15) is 9.59 Å². The van der Waals surface area contributed by atoms with E-state index >= 15 is 0 Å². The summed E-state index contributed by atoms with van der Waals surface area (Å²) < 4.78 is 6.75. The fourth-order valence-corrected chi connectivity index (χ4v) is 2.48. The molecule has 1 heterocycles. The van der Waals surface area contributed by atoms with Crippen molar-refractivity contribution in [2.24, 2.45) is 0 Å². The molecule has 0 aliphatic carbocycles. The number of methoxy groups -OCH3 is 1. The predicted octanol–water partition coefficient (Wildman–Crippen LogP) is 1.23. The van der Waals surface area contributed by atoms with Crippen molar-refractivity contribution in [2.45, 2.75) is 13.5 Å². The van der Waals surface area contributed by atoms with Gasteiger partial charge in [-0.2, -0.15) is 4.68 Å². The van der Waals surface area contributed by atoms with E-state index < -0.39 is 11.8 Å². The number of carbonyl (C=O) groups is 2. The van der Waals surface area contributed by atoms with E-state index in [0.29, 0.717) is 22.9 Å². The number of para-hydroxylation sites is 1. The summed E-state index contributed by atoms with van der Waals surface area (Å²) >= 11 is 0. The molecule has 0 unspecified atom stereocenters. The molecule has 27 heavy (non-hydrogen) atoms. The Balaban J connectivity index is 1.63. The Morgan fingerprint density at radius 1 is 1.11 bits per heavy atom. The zero-order valence-corrected chi connectivity index (χ0v) is 14.8. The van der Waals surface area contributed by atoms with Crippen LogP contribution in [-0.4, -0.2) is 39.1 Å². The molecule has 9 nitrogen and oxygen atoms in total. The number of ether oxygens (including phenoxy) is 1. The molecule has 0 saturated heterocycles. The van der Waals surface area contributed by atoms with Crippen molar-refractivity contribution in [3.63, 3.8) is 0 Å². The van der Waals surface area contributed by atoms with Gasteiger partial charge in [0.2, 0.25) is 0 Å². The van der Waals surface area contributed by atoms with E-state index in [4.69, 9.17) is 4.74 Å². The molecule has 0 atom stereocenters. The molecule has 2 aromatic carbocycles. The van der Waals surface area contributed by atoms with Crippen LogP contribution in [0.3, 0.4) is 0 Å². The van der Waals surface area contributed by atoms with Crippen molar-refractivity contribution in [1.29, 1.82) is 0 Å². The topological polar surface area (TPSA) is 111 Å². The fourth-order valence-electron chi connectivity index (χ4n) is 2.48. The van der Waals surface area contributed by atoms with Gasteiger partial charge in [0.15, 0.2) is 5.82 Å². The van der Waals surface area contributed by atoms with Gasteiger partial charge in [0.05, 0.1) is 12.8 Å². The quantitative estimate of drug-likeness (QED) is 0.657. The minimum atomic E-state index is -0.768. The number of nitrogens with zero attached hydrogens (tertiary/aromatic N) is 4. The lowest BCUT2D eigenvalue weighted by Crippen LogP contribution is -2.35. The van der Waals surface area contributed by atoms with Gasteiger partial charge in [0.25, 0.3) is 0 Å². The third-order valence-electron chi connectivity index (χ3n) is 3.81. The third kappa shape index (κ3) is 4.27. The highest BCUT2D eigenvalue weighted by molar-refractivity contribution is 6.39. The van der Waals surface area contributed by atoms with Crippen LogP contribution in [0.2, 0.25) is 0 Å². The smallest absolute Gasteiger partial charge is 0.313 e. The Morgan fingerprint density at radius 3 is 2.67 bits per heavy atom. The number of hydrogen-bond acceptors (Lipinski definition) is 6. The summed E-state index contributed by atoms with van der Waals surface area (Å²) in [6, 6.07) is 14.1. The average molecular weight is 366 g/mol. The second kappa shape index (κ2) is 8.09. The summed E-state index contributed by atoms with van der Waals surface area (Å²) in [6.07, 6.45) is 0. The highest BCUT2D eigenvalue weighted by Gasteiger charge is 2.15. The molecule has 0 aliphatic rings. The molecule has 0 spiro atoms. The van der Waals surface area contributed by atoms with Crippen LogP contribution in [0.25, 0.3) is 5.69 Å². The minimum absolute atomic E-state index is 0.181.